The molecule has 0 saturated carbocycles. The Hall–Kier alpha value is -3.28. The molecule has 0 saturated heterocycles. The maximum atomic E-state index is 6.18. The molecule has 0 amide bonds. The number of anilines is 2. The second kappa shape index (κ2) is 7.74. The quantitative estimate of drug-likeness (QED) is 0.697. The van der Waals surface area contributed by atoms with Gasteiger partial charge in [0.2, 0.25) is 5.88 Å². The van der Waals surface area contributed by atoms with E-state index in [1.807, 2.05) is 50.2 Å². The molecule has 0 fully saturated rings. The molecule has 0 aliphatic heterocycles. The molecule has 2 aromatic carbocycles. The topological polar surface area (TPSA) is 82.3 Å². The molecule has 0 bridgehead atoms. The first-order valence-electron chi connectivity index (χ1n) is 8.28. The molecule has 1 heterocycles. The number of benzene rings is 2. The van der Waals surface area contributed by atoms with Crippen molar-refractivity contribution in [3.8, 4) is 17.4 Å². The van der Waals surface area contributed by atoms with Crippen molar-refractivity contribution in [2.24, 2.45) is 0 Å². The smallest absolute Gasteiger partial charge is 0.248 e. The van der Waals surface area contributed by atoms with E-state index in [4.69, 9.17) is 15.2 Å². The predicted octanol–water partition coefficient (Wildman–Crippen LogP) is 4.09. The zero-order valence-corrected chi connectivity index (χ0v) is 15.1. The van der Waals surface area contributed by atoms with Gasteiger partial charge < -0.3 is 20.5 Å². The molecule has 1 aromatic heterocycles. The number of nitrogens with one attached hydrogen (secondary N) is 1. The van der Waals surface area contributed by atoms with Gasteiger partial charge in [-0.15, -0.1) is 0 Å². The van der Waals surface area contributed by atoms with Crippen molar-refractivity contribution in [2.45, 2.75) is 20.4 Å². The SMILES string of the molecule is COc1ccc(CNc2ncnc(Oc3cc(C)cc(C)c3)c2N)cc1. The third-order valence-corrected chi connectivity index (χ3v) is 3.88. The summed E-state index contributed by atoms with van der Waals surface area (Å²) in [6.45, 7) is 4.62. The highest BCUT2D eigenvalue weighted by Gasteiger charge is 2.11. The van der Waals surface area contributed by atoms with Crippen molar-refractivity contribution < 1.29 is 9.47 Å². The van der Waals surface area contributed by atoms with Gasteiger partial charge in [0.05, 0.1) is 7.11 Å². The molecule has 134 valence electrons. The third kappa shape index (κ3) is 4.22. The Morgan fingerprint density at radius 3 is 2.31 bits per heavy atom. The maximum absolute atomic E-state index is 6.18. The molecule has 3 N–H and O–H groups in total. The zero-order chi connectivity index (χ0) is 18.5. The van der Waals surface area contributed by atoms with E-state index < -0.39 is 0 Å². The molecule has 0 spiro atoms. The largest absolute Gasteiger partial charge is 0.497 e. The van der Waals surface area contributed by atoms with Gasteiger partial charge in [-0.25, -0.2) is 4.98 Å². The Labute approximate surface area is 153 Å². The third-order valence-electron chi connectivity index (χ3n) is 3.88. The van der Waals surface area contributed by atoms with E-state index in [1.165, 1.54) is 6.33 Å². The number of nitrogens with zero attached hydrogens (tertiary/aromatic N) is 2. The summed E-state index contributed by atoms with van der Waals surface area (Å²) in [5, 5.41) is 3.22. The van der Waals surface area contributed by atoms with Crippen LogP contribution in [-0.2, 0) is 6.54 Å². The number of aryl methyl sites for hydroxylation is 2. The molecule has 0 aliphatic rings. The monoisotopic (exact) mass is 350 g/mol. The van der Waals surface area contributed by atoms with Gasteiger partial charge in [-0.3, -0.25) is 0 Å². The Morgan fingerprint density at radius 1 is 0.962 bits per heavy atom. The van der Waals surface area contributed by atoms with Gasteiger partial charge in [0.15, 0.2) is 5.82 Å². The summed E-state index contributed by atoms with van der Waals surface area (Å²) in [5.41, 5.74) is 9.88. The lowest BCUT2D eigenvalue weighted by Gasteiger charge is -2.12. The highest BCUT2D eigenvalue weighted by Crippen LogP contribution is 2.30. The molecule has 0 aliphatic carbocycles. The van der Waals surface area contributed by atoms with E-state index in [1.54, 1.807) is 7.11 Å². The molecule has 0 atom stereocenters. The Kier molecular flexibility index (Phi) is 5.22. The summed E-state index contributed by atoms with van der Waals surface area (Å²) in [6.07, 6.45) is 1.44. The van der Waals surface area contributed by atoms with E-state index >= 15 is 0 Å². The summed E-state index contributed by atoms with van der Waals surface area (Å²) < 4.78 is 11.0. The molecular weight excluding hydrogens is 328 g/mol. The highest BCUT2D eigenvalue weighted by atomic mass is 16.5. The molecule has 6 heteroatoms. The Morgan fingerprint density at radius 2 is 1.65 bits per heavy atom. The Balaban J connectivity index is 1.73. The van der Waals surface area contributed by atoms with Crippen molar-refractivity contribution in [3.05, 3.63) is 65.5 Å². The highest BCUT2D eigenvalue weighted by molar-refractivity contribution is 5.67. The lowest BCUT2D eigenvalue weighted by atomic mass is 10.1. The fraction of sp³-hybridized carbons (Fsp3) is 0.200. The number of aromatic nitrogens is 2. The minimum atomic E-state index is 0.335. The van der Waals surface area contributed by atoms with Crippen molar-refractivity contribution in [1.82, 2.24) is 9.97 Å². The first-order chi connectivity index (χ1) is 12.5. The molecule has 3 aromatic rings. The minimum Gasteiger partial charge on any atom is -0.497 e. The van der Waals surface area contributed by atoms with E-state index in [9.17, 15) is 0 Å². The molecular formula is C20H22N4O2. The second-order valence-electron chi connectivity index (χ2n) is 6.07. The average Bonchev–Trinajstić information content (AvgIpc) is 2.62. The van der Waals surface area contributed by atoms with Gasteiger partial charge in [-0.1, -0.05) is 18.2 Å². The van der Waals surface area contributed by atoms with Crippen LogP contribution in [0.25, 0.3) is 0 Å². The van der Waals surface area contributed by atoms with Crippen LogP contribution in [-0.4, -0.2) is 17.1 Å². The van der Waals surface area contributed by atoms with Crippen LogP contribution in [0.4, 0.5) is 11.5 Å². The summed E-state index contributed by atoms with van der Waals surface area (Å²) >= 11 is 0. The number of rotatable bonds is 6. The fourth-order valence-electron chi connectivity index (χ4n) is 2.63. The summed E-state index contributed by atoms with van der Waals surface area (Å²) in [7, 11) is 1.64. The number of ether oxygens (including phenoxy) is 2. The van der Waals surface area contributed by atoms with Crippen molar-refractivity contribution in [2.75, 3.05) is 18.2 Å². The number of nitrogen functional groups attached to an aromatic ring is 1. The summed E-state index contributed by atoms with van der Waals surface area (Å²) in [6, 6.07) is 13.8. The van der Waals surface area contributed by atoms with Crippen molar-refractivity contribution >= 4 is 11.5 Å². The van der Waals surface area contributed by atoms with Gasteiger partial charge >= 0.3 is 0 Å². The van der Waals surface area contributed by atoms with Crippen LogP contribution in [0.1, 0.15) is 16.7 Å². The molecule has 26 heavy (non-hydrogen) atoms. The van der Waals surface area contributed by atoms with Gasteiger partial charge in [0.25, 0.3) is 0 Å². The predicted molar refractivity (Wildman–Crippen MR) is 103 cm³/mol. The van der Waals surface area contributed by atoms with E-state index in [0.717, 1.165) is 22.4 Å². The number of hydrogen-bond donors (Lipinski definition) is 2. The molecule has 0 radical (unpaired) electrons. The lowest BCUT2D eigenvalue weighted by Crippen LogP contribution is -2.06. The first-order valence-corrected chi connectivity index (χ1v) is 8.28. The van der Waals surface area contributed by atoms with Gasteiger partial charge in [-0.2, -0.15) is 4.98 Å². The van der Waals surface area contributed by atoms with E-state index in [2.05, 4.69) is 21.4 Å². The van der Waals surface area contributed by atoms with Crippen molar-refractivity contribution in [3.63, 3.8) is 0 Å². The van der Waals surface area contributed by atoms with Gasteiger partial charge in [-0.05, 0) is 54.8 Å². The number of methoxy groups -OCH3 is 1. The second-order valence-corrected chi connectivity index (χ2v) is 6.07. The minimum absolute atomic E-state index is 0.335. The molecule has 6 nitrogen and oxygen atoms in total. The van der Waals surface area contributed by atoms with Gasteiger partial charge in [0, 0.05) is 6.54 Å². The number of hydrogen-bond acceptors (Lipinski definition) is 6. The summed E-state index contributed by atoms with van der Waals surface area (Å²) in [4.78, 5) is 8.37. The van der Waals surface area contributed by atoms with Crippen LogP contribution >= 0.6 is 0 Å². The maximum Gasteiger partial charge on any atom is 0.248 e. The van der Waals surface area contributed by atoms with E-state index in [-0.39, 0.29) is 0 Å². The van der Waals surface area contributed by atoms with Gasteiger partial charge in [0.1, 0.15) is 23.5 Å². The number of nitrogens with two attached hydrogens (primary N) is 1. The van der Waals surface area contributed by atoms with Crippen molar-refractivity contribution in [1.29, 1.82) is 0 Å². The van der Waals surface area contributed by atoms with Crippen LogP contribution in [0.5, 0.6) is 17.4 Å². The summed E-state index contributed by atoms with van der Waals surface area (Å²) in [5.74, 6) is 2.39. The standard InChI is InChI=1S/C20H22N4O2/c1-13-8-14(2)10-17(9-13)26-20-18(21)19(23-12-24-20)22-11-15-4-6-16(25-3)7-5-15/h4-10,12H,11,21H2,1-3H3,(H,22,23,24). The van der Waals surface area contributed by atoms with Crippen LogP contribution in [0.3, 0.4) is 0 Å². The molecule has 3 rings (SSSR count). The fourth-order valence-corrected chi connectivity index (χ4v) is 2.63. The first kappa shape index (κ1) is 17.5. The average molecular weight is 350 g/mol. The molecule has 0 unspecified atom stereocenters. The van der Waals surface area contributed by atoms with Crippen LogP contribution in [0.15, 0.2) is 48.8 Å². The van der Waals surface area contributed by atoms with Crippen LogP contribution in [0.2, 0.25) is 0 Å². The van der Waals surface area contributed by atoms with Crippen LogP contribution in [0, 0.1) is 13.8 Å². The van der Waals surface area contributed by atoms with E-state index in [0.29, 0.717) is 29.7 Å². The van der Waals surface area contributed by atoms with Crippen LogP contribution < -0.4 is 20.5 Å². The normalized spacial score (nSPS) is 10.4. The zero-order valence-electron chi connectivity index (χ0n) is 15.1. The lowest BCUT2D eigenvalue weighted by molar-refractivity contribution is 0.414. The Bertz CT molecular complexity index is 875.